The van der Waals surface area contributed by atoms with Gasteiger partial charge in [0.05, 0.1) is 0 Å². The molecule has 16 heavy (non-hydrogen) atoms. The van der Waals surface area contributed by atoms with Crippen LogP contribution in [0.3, 0.4) is 0 Å². The summed E-state index contributed by atoms with van der Waals surface area (Å²) in [4.78, 5) is 0. The number of rotatable bonds is 5. The molecule has 0 spiro atoms. The summed E-state index contributed by atoms with van der Waals surface area (Å²) in [5, 5.41) is 0. The second kappa shape index (κ2) is 7.32. The van der Waals surface area contributed by atoms with E-state index in [0.29, 0.717) is 0 Å². The lowest BCUT2D eigenvalue weighted by Gasteiger charge is -2.23. The number of hydrogen-bond donors (Lipinski definition) is 0. The average molecular weight is 224 g/mol. The van der Waals surface area contributed by atoms with Crippen molar-refractivity contribution in [2.24, 2.45) is 11.8 Å². The molecule has 1 aliphatic carbocycles. The largest absolute Gasteiger partial charge is 0.381 e. The lowest BCUT2D eigenvalue weighted by atomic mass is 9.85. The fourth-order valence-electron chi connectivity index (χ4n) is 3.38. The Kier molecular flexibility index (Phi) is 5.68. The Bertz CT molecular complexity index is 146. The van der Waals surface area contributed by atoms with Crippen molar-refractivity contribution in [3.05, 3.63) is 0 Å². The van der Waals surface area contributed by atoms with Crippen LogP contribution in [-0.2, 0) is 4.74 Å². The van der Waals surface area contributed by atoms with Crippen molar-refractivity contribution >= 4 is 0 Å². The summed E-state index contributed by atoms with van der Waals surface area (Å²) in [6.45, 7) is 2.04. The molecule has 1 aliphatic heterocycles. The summed E-state index contributed by atoms with van der Waals surface area (Å²) in [5.74, 6) is 2.07. The number of hydrogen-bond acceptors (Lipinski definition) is 1. The van der Waals surface area contributed by atoms with E-state index < -0.39 is 0 Å². The lowest BCUT2D eigenvalue weighted by Crippen LogP contribution is -2.15. The Morgan fingerprint density at radius 2 is 1.25 bits per heavy atom. The Morgan fingerprint density at radius 1 is 0.688 bits per heavy atom. The molecule has 1 heterocycles. The molecule has 0 unspecified atom stereocenters. The maximum absolute atomic E-state index is 5.40. The first kappa shape index (κ1) is 12.4. The van der Waals surface area contributed by atoms with Crippen LogP contribution in [0.4, 0.5) is 0 Å². The zero-order valence-electron chi connectivity index (χ0n) is 10.8. The average Bonchev–Trinajstić information content (AvgIpc) is 2.37. The van der Waals surface area contributed by atoms with E-state index in [1.807, 2.05) is 0 Å². The first-order chi connectivity index (χ1) is 7.95. The quantitative estimate of drug-likeness (QED) is 0.622. The minimum Gasteiger partial charge on any atom is -0.381 e. The molecule has 0 aromatic carbocycles. The number of ether oxygens (including phenoxy) is 1. The molecular formula is C15H28O. The monoisotopic (exact) mass is 224 g/mol. The highest BCUT2D eigenvalue weighted by Crippen LogP contribution is 2.29. The number of unbranched alkanes of at least 4 members (excludes halogenated alkanes) is 1. The molecule has 0 atom stereocenters. The Balaban J connectivity index is 1.47. The fraction of sp³-hybridized carbons (Fsp3) is 1.00. The van der Waals surface area contributed by atoms with E-state index >= 15 is 0 Å². The van der Waals surface area contributed by atoms with Gasteiger partial charge in [0.25, 0.3) is 0 Å². The van der Waals surface area contributed by atoms with Crippen LogP contribution in [0, 0.1) is 11.8 Å². The maximum atomic E-state index is 5.40. The second-order valence-corrected chi connectivity index (χ2v) is 5.84. The van der Waals surface area contributed by atoms with E-state index in [1.165, 1.54) is 70.6 Å². The Hall–Kier alpha value is -0.0400. The molecule has 2 fully saturated rings. The molecule has 2 rings (SSSR count). The van der Waals surface area contributed by atoms with Gasteiger partial charge >= 0.3 is 0 Å². The highest BCUT2D eigenvalue weighted by Gasteiger charge is 2.15. The first-order valence-corrected chi connectivity index (χ1v) is 7.53. The normalized spacial score (nSPS) is 24.8. The van der Waals surface area contributed by atoms with Gasteiger partial charge in [-0.1, -0.05) is 57.8 Å². The van der Waals surface area contributed by atoms with Crippen LogP contribution in [-0.4, -0.2) is 13.2 Å². The van der Waals surface area contributed by atoms with Crippen molar-refractivity contribution in [3.8, 4) is 0 Å². The maximum Gasteiger partial charge on any atom is 0.0468 e. The summed E-state index contributed by atoms with van der Waals surface area (Å²) in [5.41, 5.74) is 0. The molecule has 1 nitrogen and oxygen atoms in total. The second-order valence-electron chi connectivity index (χ2n) is 5.84. The molecular weight excluding hydrogens is 196 g/mol. The molecule has 1 saturated heterocycles. The molecule has 0 aromatic heterocycles. The van der Waals surface area contributed by atoms with Gasteiger partial charge < -0.3 is 4.74 Å². The van der Waals surface area contributed by atoms with Crippen molar-refractivity contribution in [2.45, 2.75) is 70.6 Å². The predicted octanol–water partition coefficient (Wildman–Crippen LogP) is 4.55. The van der Waals surface area contributed by atoms with Crippen LogP contribution in [0.1, 0.15) is 70.6 Å². The third kappa shape index (κ3) is 4.45. The highest BCUT2D eigenvalue weighted by atomic mass is 16.5. The zero-order valence-corrected chi connectivity index (χ0v) is 10.8. The van der Waals surface area contributed by atoms with Crippen LogP contribution >= 0.6 is 0 Å². The summed E-state index contributed by atoms with van der Waals surface area (Å²) in [7, 11) is 0. The van der Waals surface area contributed by atoms with E-state index in [0.717, 1.165) is 25.0 Å². The van der Waals surface area contributed by atoms with Crippen molar-refractivity contribution in [2.75, 3.05) is 13.2 Å². The van der Waals surface area contributed by atoms with E-state index in [9.17, 15) is 0 Å². The molecule has 1 heteroatoms. The molecule has 0 amide bonds. The first-order valence-electron chi connectivity index (χ1n) is 7.53. The van der Waals surface area contributed by atoms with E-state index in [2.05, 4.69) is 0 Å². The van der Waals surface area contributed by atoms with Gasteiger partial charge in [0.15, 0.2) is 0 Å². The smallest absolute Gasteiger partial charge is 0.0468 e. The van der Waals surface area contributed by atoms with Gasteiger partial charge in [-0.3, -0.25) is 0 Å². The van der Waals surface area contributed by atoms with E-state index in [1.54, 1.807) is 0 Å². The van der Waals surface area contributed by atoms with Crippen molar-refractivity contribution in [1.82, 2.24) is 0 Å². The van der Waals surface area contributed by atoms with Gasteiger partial charge in [-0.2, -0.15) is 0 Å². The third-order valence-corrected chi connectivity index (χ3v) is 4.54. The van der Waals surface area contributed by atoms with Crippen LogP contribution < -0.4 is 0 Å². The molecule has 0 radical (unpaired) electrons. The van der Waals surface area contributed by atoms with E-state index in [-0.39, 0.29) is 0 Å². The van der Waals surface area contributed by atoms with Crippen molar-refractivity contribution in [3.63, 3.8) is 0 Å². The van der Waals surface area contributed by atoms with Gasteiger partial charge in [0, 0.05) is 13.2 Å². The van der Waals surface area contributed by atoms with Gasteiger partial charge in [-0.15, -0.1) is 0 Å². The Morgan fingerprint density at radius 3 is 1.88 bits per heavy atom. The molecule has 0 N–H and O–H groups in total. The molecule has 1 saturated carbocycles. The SMILES string of the molecule is C1CCC(CCCCC2CCOCC2)CC1. The summed E-state index contributed by atoms with van der Waals surface area (Å²) >= 11 is 0. The van der Waals surface area contributed by atoms with Crippen LogP contribution in [0.2, 0.25) is 0 Å². The van der Waals surface area contributed by atoms with Gasteiger partial charge in [-0.25, -0.2) is 0 Å². The molecule has 0 bridgehead atoms. The molecule has 94 valence electrons. The molecule has 0 aromatic rings. The van der Waals surface area contributed by atoms with E-state index in [4.69, 9.17) is 4.74 Å². The molecule has 2 aliphatic rings. The topological polar surface area (TPSA) is 9.23 Å². The minimum atomic E-state index is 0.986. The van der Waals surface area contributed by atoms with Gasteiger partial charge in [-0.05, 0) is 24.7 Å². The van der Waals surface area contributed by atoms with Crippen molar-refractivity contribution in [1.29, 1.82) is 0 Å². The lowest BCUT2D eigenvalue weighted by molar-refractivity contribution is 0.0629. The van der Waals surface area contributed by atoms with Crippen LogP contribution in [0.15, 0.2) is 0 Å². The summed E-state index contributed by atoms with van der Waals surface area (Å²) in [6, 6.07) is 0. The summed E-state index contributed by atoms with van der Waals surface area (Å²) < 4.78 is 5.40. The van der Waals surface area contributed by atoms with Gasteiger partial charge in [0.1, 0.15) is 0 Å². The van der Waals surface area contributed by atoms with Crippen LogP contribution in [0.5, 0.6) is 0 Å². The third-order valence-electron chi connectivity index (χ3n) is 4.54. The van der Waals surface area contributed by atoms with Crippen molar-refractivity contribution < 1.29 is 4.74 Å². The summed E-state index contributed by atoms with van der Waals surface area (Å²) in [6.07, 6.45) is 16.2. The zero-order chi connectivity index (χ0) is 11.1. The minimum absolute atomic E-state index is 0.986. The van der Waals surface area contributed by atoms with Gasteiger partial charge in [0.2, 0.25) is 0 Å². The standard InChI is InChI=1S/C15H28O/c1-2-6-14(7-3-1)8-4-5-9-15-10-12-16-13-11-15/h14-15H,1-13H2. The predicted molar refractivity (Wildman–Crippen MR) is 68.6 cm³/mol. The highest BCUT2D eigenvalue weighted by molar-refractivity contribution is 4.67. The Labute approximate surface area is 101 Å². The fourth-order valence-corrected chi connectivity index (χ4v) is 3.38. The van der Waals surface area contributed by atoms with Crippen LogP contribution in [0.25, 0.3) is 0 Å².